The van der Waals surface area contributed by atoms with E-state index < -0.39 is 0 Å². The zero-order chi connectivity index (χ0) is 13.0. The number of likely N-dealkylation sites (N-methyl/N-ethyl adjacent to an activating group) is 1. The Balaban J connectivity index is 1.86. The summed E-state index contributed by atoms with van der Waals surface area (Å²) in [7, 11) is 1.98. The molecule has 0 aromatic carbocycles. The van der Waals surface area contributed by atoms with Gasteiger partial charge in [-0.2, -0.15) is 0 Å². The molecule has 1 aliphatic heterocycles. The van der Waals surface area contributed by atoms with Gasteiger partial charge in [-0.1, -0.05) is 0 Å². The number of rotatable bonds is 4. The Hall–Kier alpha value is -0.980. The Morgan fingerprint density at radius 2 is 2.33 bits per heavy atom. The van der Waals surface area contributed by atoms with E-state index in [0.29, 0.717) is 6.54 Å². The van der Waals surface area contributed by atoms with Crippen molar-refractivity contribution in [3.8, 4) is 0 Å². The molecule has 0 bridgehead atoms. The van der Waals surface area contributed by atoms with Crippen molar-refractivity contribution in [1.29, 1.82) is 0 Å². The van der Waals surface area contributed by atoms with Crippen molar-refractivity contribution in [2.24, 2.45) is 0 Å². The Kier molecular flexibility index (Phi) is 4.68. The lowest BCUT2D eigenvalue weighted by atomic mass is 10.3. The van der Waals surface area contributed by atoms with E-state index in [4.69, 9.17) is 0 Å². The van der Waals surface area contributed by atoms with Gasteiger partial charge < -0.3 is 10.2 Å². The van der Waals surface area contributed by atoms with Crippen LogP contribution < -0.4 is 5.32 Å². The summed E-state index contributed by atoms with van der Waals surface area (Å²) in [5.41, 5.74) is 0. The molecule has 2 heterocycles. The Morgan fingerprint density at radius 1 is 1.61 bits per heavy atom. The van der Waals surface area contributed by atoms with Crippen molar-refractivity contribution in [3.63, 3.8) is 0 Å². The molecule has 1 aliphatic rings. The third kappa shape index (κ3) is 3.28. The number of nitrogens with one attached hydrogen (secondary N) is 1. The average molecular weight is 268 g/mol. The van der Waals surface area contributed by atoms with E-state index in [1.807, 2.05) is 23.5 Å². The molecule has 0 radical (unpaired) electrons. The molecule has 1 unspecified atom stereocenters. The molecule has 0 saturated carbocycles. The lowest BCUT2D eigenvalue weighted by Crippen LogP contribution is -2.49. The van der Waals surface area contributed by atoms with Gasteiger partial charge in [-0.3, -0.25) is 9.69 Å². The number of thiazole rings is 1. The van der Waals surface area contributed by atoms with Gasteiger partial charge in [0.1, 0.15) is 5.01 Å². The zero-order valence-electron chi connectivity index (χ0n) is 10.9. The predicted octanol–water partition coefficient (Wildman–Crippen LogP) is 0.568. The molecule has 18 heavy (non-hydrogen) atoms. The first-order chi connectivity index (χ1) is 8.68. The van der Waals surface area contributed by atoms with Crippen molar-refractivity contribution < 1.29 is 4.79 Å². The van der Waals surface area contributed by atoms with Crippen molar-refractivity contribution in [3.05, 3.63) is 16.6 Å². The predicted molar refractivity (Wildman–Crippen MR) is 72.6 cm³/mol. The molecule has 6 heteroatoms. The molecule has 1 fully saturated rings. The molecule has 1 aromatic rings. The van der Waals surface area contributed by atoms with Crippen molar-refractivity contribution in [2.75, 3.05) is 39.8 Å². The second kappa shape index (κ2) is 6.26. The largest absolute Gasteiger partial charge is 0.339 e. The summed E-state index contributed by atoms with van der Waals surface area (Å²) in [6, 6.07) is 0.192. The number of hydrogen-bond acceptors (Lipinski definition) is 5. The van der Waals surface area contributed by atoms with Gasteiger partial charge in [0.15, 0.2) is 0 Å². The normalized spacial score (nSPS) is 18.1. The summed E-state index contributed by atoms with van der Waals surface area (Å²) in [5.74, 6) is 0.211. The Bertz CT molecular complexity index is 375. The van der Waals surface area contributed by atoms with E-state index in [1.165, 1.54) is 0 Å². The Morgan fingerprint density at radius 3 is 2.94 bits per heavy atom. The molecule has 0 spiro atoms. The van der Waals surface area contributed by atoms with Crippen molar-refractivity contribution in [1.82, 2.24) is 20.1 Å². The average Bonchev–Trinajstić information content (AvgIpc) is 2.92. The summed E-state index contributed by atoms with van der Waals surface area (Å²) in [5, 5.41) is 6.28. The summed E-state index contributed by atoms with van der Waals surface area (Å²) in [4.78, 5) is 20.4. The number of piperazine rings is 1. The van der Waals surface area contributed by atoms with Gasteiger partial charge in [-0.25, -0.2) is 4.98 Å². The standard InChI is InChI=1S/C12H20N4OS/c1-10(12-14-5-8-18-12)15(2)9-11(17)16-6-3-13-4-7-16/h5,8,10,13H,3-4,6-7,9H2,1-2H3. The highest BCUT2D eigenvalue weighted by molar-refractivity contribution is 7.09. The van der Waals surface area contributed by atoms with Crippen molar-refractivity contribution in [2.45, 2.75) is 13.0 Å². The van der Waals surface area contributed by atoms with Crippen LogP contribution in [0.15, 0.2) is 11.6 Å². The molecule has 1 saturated heterocycles. The molecular formula is C12H20N4OS. The van der Waals surface area contributed by atoms with Crippen LogP contribution in [0.4, 0.5) is 0 Å². The first kappa shape index (κ1) is 13.5. The maximum atomic E-state index is 12.1. The minimum Gasteiger partial charge on any atom is -0.339 e. The lowest BCUT2D eigenvalue weighted by Gasteiger charge is -2.30. The van der Waals surface area contributed by atoms with Crippen LogP contribution in [0.2, 0.25) is 0 Å². The number of amides is 1. The third-order valence-electron chi connectivity index (χ3n) is 3.32. The third-order valence-corrected chi connectivity index (χ3v) is 4.27. The molecule has 0 aliphatic carbocycles. The van der Waals surface area contributed by atoms with E-state index in [-0.39, 0.29) is 11.9 Å². The second-order valence-electron chi connectivity index (χ2n) is 4.59. The quantitative estimate of drug-likeness (QED) is 0.867. The van der Waals surface area contributed by atoms with Crippen LogP contribution in [-0.4, -0.2) is 60.5 Å². The highest BCUT2D eigenvalue weighted by Crippen LogP contribution is 2.20. The summed E-state index contributed by atoms with van der Waals surface area (Å²) in [6.45, 7) is 5.98. The van der Waals surface area contributed by atoms with Gasteiger partial charge in [0.2, 0.25) is 5.91 Å². The SMILES string of the molecule is CC(c1nccs1)N(C)CC(=O)N1CCNCC1. The number of hydrogen-bond donors (Lipinski definition) is 1. The highest BCUT2D eigenvalue weighted by Gasteiger charge is 2.21. The van der Waals surface area contributed by atoms with E-state index in [0.717, 1.165) is 31.2 Å². The number of aromatic nitrogens is 1. The summed E-state index contributed by atoms with van der Waals surface area (Å²) < 4.78 is 0. The van der Waals surface area contributed by atoms with Gasteiger partial charge >= 0.3 is 0 Å². The first-order valence-electron chi connectivity index (χ1n) is 6.26. The lowest BCUT2D eigenvalue weighted by molar-refractivity contribution is -0.133. The van der Waals surface area contributed by atoms with Crippen LogP contribution in [0.3, 0.4) is 0 Å². The molecule has 1 amide bonds. The fraction of sp³-hybridized carbons (Fsp3) is 0.667. The fourth-order valence-corrected chi connectivity index (χ4v) is 2.75. The molecule has 2 rings (SSSR count). The molecule has 1 N–H and O–H groups in total. The van der Waals surface area contributed by atoms with Crippen LogP contribution in [0.5, 0.6) is 0 Å². The number of nitrogens with zero attached hydrogens (tertiary/aromatic N) is 3. The maximum Gasteiger partial charge on any atom is 0.236 e. The van der Waals surface area contributed by atoms with E-state index in [1.54, 1.807) is 11.3 Å². The number of carbonyl (C=O) groups excluding carboxylic acids is 1. The van der Waals surface area contributed by atoms with Crippen LogP contribution >= 0.6 is 11.3 Å². The maximum absolute atomic E-state index is 12.1. The fourth-order valence-electron chi connectivity index (χ4n) is 1.99. The zero-order valence-corrected chi connectivity index (χ0v) is 11.7. The molecular weight excluding hydrogens is 248 g/mol. The first-order valence-corrected chi connectivity index (χ1v) is 7.14. The van der Waals surface area contributed by atoms with Gasteiger partial charge in [0, 0.05) is 37.8 Å². The second-order valence-corrected chi connectivity index (χ2v) is 5.52. The smallest absolute Gasteiger partial charge is 0.236 e. The molecule has 5 nitrogen and oxygen atoms in total. The van der Waals surface area contributed by atoms with Gasteiger partial charge in [-0.05, 0) is 14.0 Å². The summed E-state index contributed by atoms with van der Waals surface area (Å²) in [6.07, 6.45) is 1.81. The molecule has 1 aromatic heterocycles. The van der Waals surface area contributed by atoms with Gasteiger partial charge in [0.25, 0.3) is 0 Å². The van der Waals surface area contributed by atoms with E-state index in [9.17, 15) is 4.79 Å². The van der Waals surface area contributed by atoms with E-state index in [2.05, 4.69) is 22.1 Å². The van der Waals surface area contributed by atoms with Crippen LogP contribution in [-0.2, 0) is 4.79 Å². The minimum atomic E-state index is 0.192. The molecule has 1 atom stereocenters. The minimum absolute atomic E-state index is 0.192. The van der Waals surface area contributed by atoms with Crippen LogP contribution in [0, 0.1) is 0 Å². The topological polar surface area (TPSA) is 48.5 Å². The monoisotopic (exact) mass is 268 g/mol. The van der Waals surface area contributed by atoms with Crippen LogP contribution in [0.1, 0.15) is 18.0 Å². The van der Waals surface area contributed by atoms with Crippen molar-refractivity contribution >= 4 is 17.2 Å². The van der Waals surface area contributed by atoms with Crippen LogP contribution in [0.25, 0.3) is 0 Å². The number of carbonyl (C=O) groups is 1. The molecule has 100 valence electrons. The van der Waals surface area contributed by atoms with Gasteiger partial charge in [0.05, 0.1) is 12.6 Å². The Labute approximate surface area is 112 Å². The highest BCUT2D eigenvalue weighted by atomic mass is 32.1. The van der Waals surface area contributed by atoms with Gasteiger partial charge in [-0.15, -0.1) is 11.3 Å². The van der Waals surface area contributed by atoms with E-state index >= 15 is 0 Å². The summed E-state index contributed by atoms with van der Waals surface area (Å²) >= 11 is 1.63.